The van der Waals surface area contributed by atoms with Crippen molar-refractivity contribution in [3.05, 3.63) is 60.0 Å². The van der Waals surface area contributed by atoms with Crippen molar-refractivity contribution in [3.63, 3.8) is 0 Å². The predicted octanol–water partition coefficient (Wildman–Crippen LogP) is 4.22. The number of hydrogen-bond acceptors (Lipinski definition) is 6. The quantitative estimate of drug-likeness (QED) is 0.499. The van der Waals surface area contributed by atoms with E-state index >= 15 is 0 Å². The highest BCUT2D eigenvalue weighted by Gasteiger charge is 2.33. The van der Waals surface area contributed by atoms with Crippen LogP contribution in [0.4, 0.5) is 5.13 Å². The molecular weight excluding hydrogens is 426 g/mol. The maximum Gasteiger partial charge on any atom is 0.260 e. The van der Waals surface area contributed by atoms with Gasteiger partial charge in [0.25, 0.3) is 5.91 Å². The van der Waals surface area contributed by atoms with Crippen LogP contribution in [0.15, 0.2) is 60.0 Å². The fourth-order valence-corrected chi connectivity index (χ4v) is 4.07. The second kappa shape index (κ2) is 10.3. The number of nitrogens with one attached hydrogen (secondary N) is 1. The highest BCUT2D eigenvalue weighted by atomic mass is 32.1. The smallest absolute Gasteiger partial charge is 0.260 e. The number of amides is 2. The molecule has 8 heteroatoms. The van der Waals surface area contributed by atoms with Crippen molar-refractivity contribution in [3.8, 4) is 22.8 Å². The first-order valence-corrected chi connectivity index (χ1v) is 11.4. The van der Waals surface area contributed by atoms with Crippen molar-refractivity contribution < 1.29 is 19.1 Å². The number of carbonyl (C=O) groups is 2. The molecule has 1 aromatic heterocycles. The van der Waals surface area contributed by atoms with Gasteiger partial charge in [-0.05, 0) is 25.0 Å². The number of benzene rings is 2. The van der Waals surface area contributed by atoms with Gasteiger partial charge in [-0.1, -0.05) is 42.5 Å². The summed E-state index contributed by atoms with van der Waals surface area (Å²) in [4.78, 5) is 31.4. The summed E-state index contributed by atoms with van der Waals surface area (Å²) < 4.78 is 10.9. The standard InChI is InChI=1S/C24H25N3O4S/c1-30-20-9-5-6-10-21(20)31-15-23(29)27(18-11-12-18)14-13-22(28)26-24-25-19(16-32-24)17-7-3-2-4-8-17/h2-10,16,18H,11-15H2,1H3,(H,25,26,28). The molecule has 0 radical (unpaired) electrons. The number of methoxy groups -OCH3 is 1. The number of thiazole rings is 1. The first-order chi connectivity index (χ1) is 15.6. The van der Waals surface area contributed by atoms with E-state index in [0.717, 1.165) is 24.1 Å². The maximum atomic E-state index is 12.7. The maximum absolute atomic E-state index is 12.7. The minimum Gasteiger partial charge on any atom is -0.493 e. The van der Waals surface area contributed by atoms with Gasteiger partial charge in [0.2, 0.25) is 5.91 Å². The molecule has 0 aliphatic heterocycles. The molecule has 1 aliphatic rings. The third kappa shape index (κ3) is 5.64. The third-order valence-electron chi connectivity index (χ3n) is 5.13. The number of anilines is 1. The summed E-state index contributed by atoms with van der Waals surface area (Å²) in [6.07, 6.45) is 2.11. The van der Waals surface area contributed by atoms with E-state index in [4.69, 9.17) is 9.47 Å². The summed E-state index contributed by atoms with van der Waals surface area (Å²) in [5, 5.41) is 5.31. The Hall–Kier alpha value is -3.39. The van der Waals surface area contributed by atoms with E-state index in [0.29, 0.717) is 23.2 Å². The van der Waals surface area contributed by atoms with Crippen LogP contribution in [0, 0.1) is 0 Å². The van der Waals surface area contributed by atoms with Gasteiger partial charge in [-0.2, -0.15) is 0 Å². The Morgan fingerprint density at radius 3 is 2.53 bits per heavy atom. The highest BCUT2D eigenvalue weighted by molar-refractivity contribution is 7.14. The molecule has 0 saturated heterocycles. The van der Waals surface area contributed by atoms with Gasteiger partial charge < -0.3 is 19.7 Å². The van der Waals surface area contributed by atoms with Crippen LogP contribution >= 0.6 is 11.3 Å². The second-order valence-corrected chi connectivity index (χ2v) is 8.32. The molecule has 7 nitrogen and oxygen atoms in total. The van der Waals surface area contributed by atoms with E-state index in [1.807, 2.05) is 47.8 Å². The molecule has 4 rings (SSSR count). The van der Waals surface area contributed by atoms with Crippen molar-refractivity contribution >= 4 is 28.3 Å². The Morgan fingerprint density at radius 1 is 1.09 bits per heavy atom. The van der Waals surface area contributed by atoms with Crippen LogP contribution in [0.2, 0.25) is 0 Å². The Balaban J connectivity index is 1.28. The van der Waals surface area contributed by atoms with Crippen molar-refractivity contribution in [1.82, 2.24) is 9.88 Å². The van der Waals surface area contributed by atoms with E-state index in [-0.39, 0.29) is 30.9 Å². The number of ether oxygens (including phenoxy) is 2. The van der Waals surface area contributed by atoms with Crippen LogP contribution < -0.4 is 14.8 Å². The molecule has 0 bridgehead atoms. The summed E-state index contributed by atoms with van der Waals surface area (Å²) in [5.74, 6) is 0.806. The fourth-order valence-electron chi connectivity index (χ4n) is 3.33. The average molecular weight is 452 g/mol. The average Bonchev–Trinajstić information content (AvgIpc) is 3.56. The first kappa shape index (κ1) is 21.8. The SMILES string of the molecule is COc1ccccc1OCC(=O)N(CCC(=O)Nc1nc(-c2ccccc2)cs1)C1CC1. The van der Waals surface area contributed by atoms with E-state index < -0.39 is 0 Å². The summed E-state index contributed by atoms with van der Waals surface area (Å²) in [5.41, 5.74) is 1.83. The summed E-state index contributed by atoms with van der Waals surface area (Å²) in [7, 11) is 1.56. The summed E-state index contributed by atoms with van der Waals surface area (Å²) in [6.45, 7) is 0.257. The number of rotatable bonds is 10. The predicted molar refractivity (Wildman–Crippen MR) is 124 cm³/mol. The van der Waals surface area contributed by atoms with E-state index in [1.165, 1.54) is 11.3 Å². The van der Waals surface area contributed by atoms with Crippen LogP contribution in [-0.4, -0.2) is 48.0 Å². The monoisotopic (exact) mass is 451 g/mol. The lowest BCUT2D eigenvalue weighted by Crippen LogP contribution is -2.38. The topological polar surface area (TPSA) is 80.8 Å². The Labute approximate surface area is 191 Å². The van der Waals surface area contributed by atoms with Gasteiger partial charge in [0, 0.05) is 30.0 Å². The zero-order valence-corrected chi connectivity index (χ0v) is 18.6. The van der Waals surface area contributed by atoms with E-state index in [2.05, 4.69) is 10.3 Å². The minimum atomic E-state index is -0.164. The molecule has 0 unspecified atom stereocenters. The Bertz CT molecular complexity index is 1070. The van der Waals surface area contributed by atoms with E-state index in [1.54, 1.807) is 24.1 Å². The number of aromatic nitrogens is 1. The van der Waals surface area contributed by atoms with Gasteiger partial charge in [0.1, 0.15) is 0 Å². The van der Waals surface area contributed by atoms with Crippen LogP contribution in [0.5, 0.6) is 11.5 Å². The number of para-hydroxylation sites is 2. The van der Waals surface area contributed by atoms with Gasteiger partial charge in [0.05, 0.1) is 12.8 Å². The third-order valence-corrected chi connectivity index (χ3v) is 5.89. The van der Waals surface area contributed by atoms with Crippen molar-refractivity contribution in [2.24, 2.45) is 0 Å². The highest BCUT2D eigenvalue weighted by Crippen LogP contribution is 2.29. The zero-order valence-electron chi connectivity index (χ0n) is 17.8. The number of nitrogens with zero attached hydrogens (tertiary/aromatic N) is 2. The molecule has 32 heavy (non-hydrogen) atoms. The molecule has 1 heterocycles. The lowest BCUT2D eigenvalue weighted by Gasteiger charge is -2.22. The van der Waals surface area contributed by atoms with Crippen LogP contribution in [0.3, 0.4) is 0 Å². The number of hydrogen-bond donors (Lipinski definition) is 1. The van der Waals surface area contributed by atoms with Crippen molar-refractivity contribution in [2.75, 3.05) is 25.6 Å². The summed E-state index contributed by atoms with van der Waals surface area (Å²) in [6, 6.07) is 17.2. The summed E-state index contributed by atoms with van der Waals surface area (Å²) >= 11 is 1.39. The normalized spacial score (nSPS) is 12.8. The lowest BCUT2D eigenvalue weighted by atomic mass is 10.2. The Kier molecular flexibility index (Phi) is 7.01. The molecule has 1 fully saturated rings. The van der Waals surface area contributed by atoms with Crippen LogP contribution in [-0.2, 0) is 9.59 Å². The van der Waals surface area contributed by atoms with Crippen LogP contribution in [0.25, 0.3) is 11.3 Å². The van der Waals surface area contributed by atoms with Crippen molar-refractivity contribution in [2.45, 2.75) is 25.3 Å². The molecule has 0 atom stereocenters. The Morgan fingerprint density at radius 2 is 1.81 bits per heavy atom. The second-order valence-electron chi connectivity index (χ2n) is 7.46. The molecule has 1 saturated carbocycles. The largest absolute Gasteiger partial charge is 0.493 e. The van der Waals surface area contributed by atoms with Crippen molar-refractivity contribution in [1.29, 1.82) is 0 Å². The van der Waals surface area contributed by atoms with E-state index in [9.17, 15) is 9.59 Å². The molecular formula is C24H25N3O4S. The lowest BCUT2D eigenvalue weighted by molar-refractivity contribution is -0.134. The molecule has 3 aromatic rings. The number of carbonyl (C=O) groups excluding carboxylic acids is 2. The minimum absolute atomic E-state index is 0.0919. The zero-order chi connectivity index (χ0) is 22.3. The van der Waals surface area contributed by atoms with Crippen LogP contribution in [0.1, 0.15) is 19.3 Å². The van der Waals surface area contributed by atoms with Gasteiger partial charge in [-0.3, -0.25) is 9.59 Å². The molecule has 166 valence electrons. The molecule has 0 spiro atoms. The van der Waals surface area contributed by atoms with Gasteiger partial charge in [-0.15, -0.1) is 11.3 Å². The molecule has 2 aromatic carbocycles. The molecule has 1 N–H and O–H groups in total. The van der Waals surface area contributed by atoms with Gasteiger partial charge >= 0.3 is 0 Å². The first-order valence-electron chi connectivity index (χ1n) is 10.5. The van der Waals surface area contributed by atoms with Gasteiger partial charge in [0.15, 0.2) is 23.2 Å². The molecule has 1 aliphatic carbocycles. The molecule has 2 amide bonds. The fraction of sp³-hybridized carbons (Fsp3) is 0.292. The van der Waals surface area contributed by atoms with Gasteiger partial charge in [-0.25, -0.2) is 4.98 Å².